The van der Waals surface area contributed by atoms with Crippen molar-refractivity contribution >= 4 is 11.5 Å². The van der Waals surface area contributed by atoms with E-state index in [1.807, 2.05) is 30.3 Å². The van der Waals surface area contributed by atoms with Crippen molar-refractivity contribution in [1.29, 1.82) is 0 Å². The second kappa shape index (κ2) is 5.67. The van der Waals surface area contributed by atoms with Crippen molar-refractivity contribution in [2.24, 2.45) is 0 Å². The number of hydrogen-bond acceptors (Lipinski definition) is 2. The van der Waals surface area contributed by atoms with E-state index in [0.29, 0.717) is 5.57 Å². The number of hydrogen-bond donors (Lipinski definition) is 0. The molecule has 0 spiro atoms. The molecule has 2 nitrogen and oxygen atoms in total. The lowest BCUT2D eigenvalue weighted by molar-refractivity contribution is -0.143. The van der Waals surface area contributed by atoms with E-state index < -0.39 is 0 Å². The first-order chi connectivity index (χ1) is 8.27. The van der Waals surface area contributed by atoms with Crippen LogP contribution >= 0.6 is 0 Å². The highest BCUT2D eigenvalue weighted by Gasteiger charge is 2.19. The Balaban J connectivity index is 1.93. The molecule has 1 fully saturated rings. The van der Waals surface area contributed by atoms with Gasteiger partial charge in [-0.15, -0.1) is 0 Å². The van der Waals surface area contributed by atoms with Gasteiger partial charge in [-0.1, -0.05) is 43.3 Å². The zero-order chi connectivity index (χ0) is 12.1. The van der Waals surface area contributed by atoms with E-state index >= 15 is 0 Å². The van der Waals surface area contributed by atoms with Crippen LogP contribution in [0.3, 0.4) is 0 Å². The maximum atomic E-state index is 11.9. The monoisotopic (exact) mass is 230 g/mol. The van der Waals surface area contributed by atoms with Crippen LogP contribution in [0.1, 0.15) is 37.7 Å². The van der Waals surface area contributed by atoms with Crippen molar-refractivity contribution in [3.63, 3.8) is 0 Å². The second-order valence-corrected chi connectivity index (χ2v) is 4.51. The summed E-state index contributed by atoms with van der Waals surface area (Å²) in [4.78, 5) is 11.9. The molecule has 1 aliphatic carbocycles. The quantitative estimate of drug-likeness (QED) is 0.586. The highest BCUT2D eigenvalue weighted by Crippen LogP contribution is 2.22. The third kappa shape index (κ3) is 3.19. The Labute approximate surface area is 102 Å². The Hall–Kier alpha value is -1.57. The minimum absolute atomic E-state index is 0.0942. The summed E-state index contributed by atoms with van der Waals surface area (Å²) < 4.78 is 5.47. The highest BCUT2D eigenvalue weighted by molar-refractivity contribution is 6.15. The molecule has 0 radical (unpaired) electrons. The minimum Gasteiger partial charge on any atom is -0.459 e. The first-order valence-corrected chi connectivity index (χ1v) is 6.22. The highest BCUT2D eigenvalue weighted by atomic mass is 16.5. The molecule has 2 heteroatoms. The van der Waals surface area contributed by atoms with Crippen LogP contribution in [0.25, 0.3) is 5.57 Å². The smallest absolute Gasteiger partial charge is 0.338 e. The molecule has 0 N–H and O–H groups in total. The van der Waals surface area contributed by atoms with Gasteiger partial charge in [0.05, 0.1) is 5.57 Å². The summed E-state index contributed by atoms with van der Waals surface area (Å²) in [6, 6.07) is 9.47. The molecule has 0 atom stereocenters. The van der Waals surface area contributed by atoms with Crippen LogP contribution < -0.4 is 0 Å². The maximum Gasteiger partial charge on any atom is 0.338 e. The lowest BCUT2D eigenvalue weighted by atomic mass is 9.97. The van der Waals surface area contributed by atoms with Gasteiger partial charge in [-0.2, -0.15) is 0 Å². The van der Waals surface area contributed by atoms with Crippen LogP contribution in [0.2, 0.25) is 0 Å². The van der Waals surface area contributed by atoms with E-state index in [-0.39, 0.29) is 12.1 Å². The molecule has 0 bridgehead atoms. The molecule has 0 saturated heterocycles. The van der Waals surface area contributed by atoms with E-state index in [2.05, 4.69) is 6.58 Å². The van der Waals surface area contributed by atoms with Crippen molar-refractivity contribution < 1.29 is 9.53 Å². The summed E-state index contributed by atoms with van der Waals surface area (Å²) in [7, 11) is 0. The predicted octanol–water partition coefficient (Wildman–Crippen LogP) is 3.58. The molecule has 0 unspecified atom stereocenters. The summed E-state index contributed by atoms with van der Waals surface area (Å²) in [5.74, 6) is -0.275. The summed E-state index contributed by atoms with van der Waals surface area (Å²) in [5, 5.41) is 0. The molecule has 1 saturated carbocycles. The Kier molecular flexibility index (Phi) is 3.97. The zero-order valence-electron chi connectivity index (χ0n) is 10.0. The van der Waals surface area contributed by atoms with Crippen molar-refractivity contribution in [3.8, 4) is 0 Å². The van der Waals surface area contributed by atoms with Crippen molar-refractivity contribution in [3.05, 3.63) is 42.5 Å². The molecule has 0 aliphatic heterocycles. The van der Waals surface area contributed by atoms with Gasteiger partial charge in [-0.25, -0.2) is 4.79 Å². The average Bonchev–Trinajstić information content (AvgIpc) is 2.40. The zero-order valence-corrected chi connectivity index (χ0v) is 10.0. The molecular weight excluding hydrogens is 212 g/mol. The first kappa shape index (κ1) is 11.9. The average molecular weight is 230 g/mol. The first-order valence-electron chi connectivity index (χ1n) is 6.22. The molecule has 1 aliphatic rings. The molecule has 17 heavy (non-hydrogen) atoms. The Morgan fingerprint density at radius 2 is 1.76 bits per heavy atom. The van der Waals surface area contributed by atoms with Crippen LogP contribution in [0.4, 0.5) is 0 Å². The van der Waals surface area contributed by atoms with E-state index in [0.717, 1.165) is 31.2 Å². The van der Waals surface area contributed by atoms with Gasteiger partial charge in [0.1, 0.15) is 6.10 Å². The fraction of sp³-hybridized carbons (Fsp3) is 0.400. The van der Waals surface area contributed by atoms with Crippen molar-refractivity contribution in [2.45, 2.75) is 38.2 Å². The topological polar surface area (TPSA) is 26.3 Å². The Morgan fingerprint density at radius 1 is 1.12 bits per heavy atom. The number of carbonyl (C=O) groups excluding carboxylic acids is 1. The van der Waals surface area contributed by atoms with Gasteiger partial charge >= 0.3 is 5.97 Å². The van der Waals surface area contributed by atoms with Crippen molar-refractivity contribution in [2.75, 3.05) is 0 Å². The largest absolute Gasteiger partial charge is 0.459 e. The molecule has 90 valence electrons. The van der Waals surface area contributed by atoms with Crippen LogP contribution in [0.15, 0.2) is 36.9 Å². The van der Waals surface area contributed by atoms with Gasteiger partial charge in [0, 0.05) is 0 Å². The summed E-state index contributed by atoms with van der Waals surface area (Å²) in [6.45, 7) is 3.82. The minimum atomic E-state index is -0.275. The van der Waals surface area contributed by atoms with Crippen LogP contribution in [0.5, 0.6) is 0 Å². The number of rotatable bonds is 3. The van der Waals surface area contributed by atoms with Gasteiger partial charge in [0.15, 0.2) is 0 Å². The van der Waals surface area contributed by atoms with Crippen LogP contribution in [-0.4, -0.2) is 12.1 Å². The van der Waals surface area contributed by atoms with Gasteiger partial charge in [-0.3, -0.25) is 0 Å². The van der Waals surface area contributed by atoms with E-state index in [4.69, 9.17) is 4.74 Å². The molecule has 1 aromatic rings. The van der Waals surface area contributed by atoms with Crippen LogP contribution in [-0.2, 0) is 9.53 Å². The molecule has 0 aromatic heterocycles. The van der Waals surface area contributed by atoms with E-state index in [9.17, 15) is 4.79 Å². The van der Waals surface area contributed by atoms with Gasteiger partial charge in [-0.05, 0) is 31.2 Å². The summed E-state index contributed by atoms with van der Waals surface area (Å²) >= 11 is 0. The number of ether oxygens (including phenoxy) is 1. The fourth-order valence-corrected chi connectivity index (χ4v) is 2.16. The number of carbonyl (C=O) groups is 1. The normalized spacial score (nSPS) is 16.5. The number of esters is 1. The third-order valence-electron chi connectivity index (χ3n) is 3.19. The van der Waals surface area contributed by atoms with Crippen LogP contribution in [0, 0.1) is 0 Å². The molecule has 2 rings (SSSR count). The molecular formula is C15H18O2. The lowest BCUT2D eigenvalue weighted by Gasteiger charge is -2.22. The van der Waals surface area contributed by atoms with E-state index in [1.165, 1.54) is 6.42 Å². The van der Waals surface area contributed by atoms with Gasteiger partial charge in [0.25, 0.3) is 0 Å². The summed E-state index contributed by atoms with van der Waals surface area (Å²) in [6.07, 6.45) is 5.66. The molecule has 0 heterocycles. The van der Waals surface area contributed by atoms with E-state index in [1.54, 1.807) is 0 Å². The maximum absolute atomic E-state index is 11.9. The molecule has 1 aromatic carbocycles. The predicted molar refractivity (Wildman–Crippen MR) is 68.4 cm³/mol. The van der Waals surface area contributed by atoms with Gasteiger partial charge < -0.3 is 4.74 Å². The molecule has 0 amide bonds. The fourth-order valence-electron chi connectivity index (χ4n) is 2.16. The SMILES string of the molecule is C=C(C(=O)OC1CCCCC1)c1ccccc1. The number of benzene rings is 1. The second-order valence-electron chi connectivity index (χ2n) is 4.51. The lowest BCUT2D eigenvalue weighted by Crippen LogP contribution is -2.21. The Bertz CT molecular complexity index is 389. The van der Waals surface area contributed by atoms with Gasteiger partial charge in [0.2, 0.25) is 0 Å². The standard InChI is InChI=1S/C15H18O2/c1-12(13-8-4-2-5-9-13)15(16)17-14-10-6-3-7-11-14/h2,4-5,8-9,14H,1,3,6-7,10-11H2. The third-order valence-corrected chi connectivity index (χ3v) is 3.19. The van der Waals surface area contributed by atoms with Crippen molar-refractivity contribution in [1.82, 2.24) is 0 Å². The summed E-state index contributed by atoms with van der Waals surface area (Å²) in [5.41, 5.74) is 1.30. The Morgan fingerprint density at radius 3 is 2.41 bits per heavy atom.